The molecule has 0 bridgehead atoms. The average molecular weight is 263 g/mol. The number of aryl methyl sites for hydroxylation is 1. The summed E-state index contributed by atoms with van der Waals surface area (Å²) in [6.07, 6.45) is 6.82. The summed E-state index contributed by atoms with van der Waals surface area (Å²) < 4.78 is 0. The molecule has 0 unspecified atom stereocenters. The molecule has 0 N–H and O–H groups in total. The molecular formula is C16H19ClO. The van der Waals surface area contributed by atoms with Crippen molar-refractivity contribution in [3.05, 3.63) is 59.7 Å². The smallest absolute Gasteiger partial charge is 0.133 e. The Balaban J connectivity index is 0.000000421. The Bertz CT molecular complexity index is 541. The number of ketones is 1. The first-order chi connectivity index (χ1) is 8.02. The Morgan fingerprint density at radius 3 is 2.44 bits per heavy atom. The Morgan fingerprint density at radius 2 is 1.89 bits per heavy atom. The molecule has 0 saturated heterocycles. The highest BCUT2D eigenvalue weighted by Crippen LogP contribution is 2.01. The lowest BCUT2D eigenvalue weighted by molar-refractivity contribution is -0.114. The molecule has 18 heavy (non-hydrogen) atoms. The first kappa shape index (κ1) is 16.7. The number of allylic oxidation sites excluding steroid dienone is 1. The molecule has 0 atom stereocenters. The van der Waals surface area contributed by atoms with Crippen LogP contribution in [-0.4, -0.2) is 5.78 Å². The third kappa shape index (κ3) is 5.33. The molecule has 0 amide bonds. The van der Waals surface area contributed by atoms with E-state index in [4.69, 9.17) is 0 Å². The lowest BCUT2D eigenvalue weighted by Gasteiger charge is -2.02. The maximum absolute atomic E-state index is 9.70. The molecule has 1 aliphatic carbocycles. The van der Waals surface area contributed by atoms with Crippen LogP contribution in [0.1, 0.15) is 18.9 Å². The molecule has 0 aliphatic heterocycles. The van der Waals surface area contributed by atoms with Crippen LogP contribution in [0.15, 0.2) is 30.4 Å². The average Bonchev–Trinajstić information content (AvgIpc) is 2.30. The molecule has 1 aromatic rings. The van der Waals surface area contributed by atoms with Crippen molar-refractivity contribution in [3.8, 4) is 0 Å². The fraction of sp³-hybridized carbons (Fsp3) is 0.188. The van der Waals surface area contributed by atoms with Crippen molar-refractivity contribution in [1.29, 1.82) is 0 Å². The van der Waals surface area contributed by atoms with Gasteiger partial charge in [0.05, 0.1) is 0 Å². The van der Waals surface area contributed by atoms with Gasteiger partial charge in [0.15, 0.2) is 0 Å². The summed E-state index contributed by atoms with van der Waals surface area (Å²) in [7, 11) is 0. The molecule has 2 heteroatoms. The molecule has 2 radical (unpaired) electrons. The zero-order chi connectivity index (χ0) is 12.8. The Labute approximate surface area is 115 Å². The lowest BCUT2D eigenvalue weighted by Crippen LogP contribution is -2.26. The first-order valence-corrected chi connectivity index (χ1v) is 5.70. The van der Waals surface area contributed by atoms with Crippen LogP contribution in [0.4, 0.5) is 0 Å². The molecule has 0 heterocycles. The number of hydrogen-bond donors (Lipinski definition) is 0. The lowest BCUT2D eigenvalue weighted by atomic mass is 10.0. The van der Waals surface area contributed by atoms with E-state index in [2.05, 4.69) is 50.8 Å². The largest absolute Gasteiger partial charge is 0.300 e. The highest BCUT2D eigenvalue weighted by Gasteiger charge is 1.95. The number of halogens is 1. The van der Waals surface area contributed by atoms with Gasteiger partial charge in [-0.3, -0.25) is 4.79 Å². The van der Waals surface area contributed by atoms with Crippen LogP contribution in [0.25, 0.3) is 12.2 Å². The number of Topliss-reactive ketones (excluding diaryl/α,β-unsaturated/α-hetero) is 1. The molecular weight excluding hydrogens is 244 g/mol. The molecule has 0 aromatic heterocycles. The summed E-state index contributed by atoms with van der Waals surface area (Å²) in [5.74, 6) is 0.00463. The zero-order valence-corrected chi connectivity index (χ0v) is 11.7. The van der Waals surface area contributed by atoms with Gasteiger partial charge in [0.2, 0.25) is 0 Å². The number of benzene rings is 1. The monoisotopic (exact) mass is 262 g/mol. The van der Waals surface area contributed by atoms with Gasteiger partial charge in [-0.05, 0) is 22.9 Å². The normalized spacial score (nSPS) is 11.8. The number of carbonyl (C=O) groups is 1. The zero-order valence-electron chi connectivity index (χ0n) is 10.9. The predicted octanol–water partition coefficient (Wildman–Crippen LogP) is 2.55. The van der Waals surface area contributed by atoms with Gasteiger partial charge in [-0.25, -0.2) is 0 Å². The minimum absolute atomic E-state index is 0. The van der Waals surface area contributed by atoms with E-state index in [0.717, 1.165) is 5.57 Å². The molecule has 1 aliphatic rings. The number of rotatable bonds is 1. The van der Waals surface area contributed by atoms with E-state index < -0.39 is 0 Å². The van der Waals surface area contributed by atoms with Crippen LogP contribution in [0.2, 0.25) is 0 Å². The maximum Gasteiger partial charge on any atom is 0.133 e. The maximum atomic E-state index is 9.70. The number of carbonyl (C=O) groups excluding carboxylic acids is 1. The van der Waals surface area contributed by atoms with Crippen LogP contribution in [0.3, 0.4) is 0 Å². The Kier molecular flexibility index (Phi) is 7.30. The van der Waals surface area contributed by atoms with Gasteiger partial charge < -0.3 is 0 Å². The van der Waals surface area contributed by atoms with Gasteiger partial charge in [0.25, 0.3) is 0 Å². The van der Waals surface area contributed by atoms with Crippen LogP contribution in [0, 0.1) is 20.3 Å². The van der Waals surface area contributed by atoms with Crippen molar-refractivity contribution in [2.45, 2.75) is 20.3 Å². The van der Waals surface area contributed by atoms with Crippen LogP contribution in [-0.2, 0) is 4.79 Å². The van der Waals surface area contributed by atoms with Crippen LogP contribution in [0.5, 0.6) is 0 Å². The van der Waals surface area contributed by atoms with E-state index in [-0.39, 0.29) is 18.2 Å². The minimum atomic E-state index is 0. The SMILES string of the molecule is C=C1[CH]C=c2cc(C)ccc2=C1.Cl.[CH2]C(=O)CC. The number of fused-ring (bicyclic) bond motifs is 1. The van der Waals surface area contributed by atoms with E-state index >= 15 is 0 Å². The van der Waals surface area contributed by atoms with Crippen molar-refractivity contribution >= 4 is 30.3 Å². The molecule has 2 rings (SSSR count). The second-order valence-corrected chi connectivity index (χ2v) is 4.08. The minimum Gasteiger partial charge on any atom is -0.300 e. The third-order valence-corrected chi connectivity index (χ3v) is 2.45. The Morgan fingerprint density at radius 1 is 1.28 bits per heavy atom. The molecule has 1 nitrogen and oxygen atoms in total. The van der Waals surface area contributed by atoms with E-state index in [1.54, 1.807) is 6.92 Å². The van der Waals surface area contributed by atoms with Crippen LogP contribution < -0.4 is 10.4 Å². The van der Waals surface area contributed by atoms with Gasteiger partial charge in [0, 0.05) is 19.8 Å². The third-order valence-electron chi connectivity index (χ3n) is 2.45. The van der Waals surface area contributed by atoms with E-state index in [1.807, 2.05) is 6.42 Å². The Hall–Kier alpha value is -1.34. The van der Waals surface area contributed by atoms with Gasteiger partial charge in [-0.2, -0.15) is 0 Å². The van der Waals surface area contributed by atoms with Crippen LogP contribution >= 0.6 is 12.4 Å². The van der Waals surface area contributed by atoms with Gasteiger partial charge in [-0.15, -0.1) is 12.4 Å². The summed E-state index contributed by atoms with van der Waals surface area (Å²) in [5.41, 5.74) is 2.38. The van der Waals surface area contributed by atoms with Gasteiger partial charge >= 0.3 is 0 Å². The van der Waals surface area contributed by atoms with Crippen molar-refractivity contribution in [2.24, 2.45) is 0 Å². The predicted molar refractivity (Wildman–Crippen MR) is 80.7 cm³/mol. The number of hydrogen-bond acceptors (Lipinski definition) is 1. The second kappa shape index (κ2) is 7.88. The van der Waals surface area contributed by atoms with Gasteiger partial charge in [-0.1, -0.05) is 49.4 Å². The molecule has 0 fully saturated rings. The summed E-state index contributed by atoms with van der Waals surface area (Å²) in [5, 5.41) is 2.57. The molecule has 1 aromatic carbocycles. The summed E-state index contributed by atoms with van der Waals surface area (Å²) in [6.45, 7) is 10.9. The van der Waals surface area contributed by atoms with E-state index in [1.165, 1.54) is 16.0 Å². The van der Waals surface area contributed by atoms with E-state index in [0.29, 0.717) is 6.42 Å². The summed E-state index contributed by atoms with van der Waals surface area (Å²) in [4.78, 5) is 9.70. The second-order valence-electron chi connectivity index (χ2n) is 4.08. The van der Waals surface area contributed by atoms with Crippen molar-refractivity contribution < 1.29 is 4.79 Å². The summed E-state index contributed by atoms with van der Waals surface area (Å²) >= 11 is 0. The quantitative estimate of drug-likeness (QED) is 0.760. The molecule has 0 saturated carbocycles. The van der Waals surface area contributed by atoms with Crippen molar-refractivity contribution in [3.63, 3.8) is 0 Å². The molecule has 0 spiro atoms. The van der Waals surface area contributed by atoms with Crippen molar-refractivity contribution in [1.82, 2.24) is 0 Å². The topological polar surface area (TPSA) is 17.1 Å². The van der Waals surface area contributed by atoms with Crippen molar-refractivity contribution in [2.75, 3.05) is 0 Å². The molecule has 96 valence electrons. The first-order valence-electron chi connectivity index (χ1n) is 5.70. The highest BCUT2D eigenvalue weighted by atomic mass is 35.5. The fourth-order valence-electron chi connectivity index (χ4n) is 1.41. The highest BCUT2D eigenvalue weighted by molar-refractivity contribution is 5.85. The summed E-state index contributed by atoms with van der Waals surface area (Å²) in [6, 6.07) is 6.45. The van der Waals surface area contributed by atoms with Gasteiger partial charge in [0.1, 0.15) is 5.78 Å². The fourth-order valence-corrected chi connectivity index (χ4v) is 1.41. The standard InChI is InChI=1S/C12H11.C4H7O.ClH/c1-9-3-5-12-8-10(2)4-6-11(12)7-9;1-3-4(2)5;/h3-8H,1H2,2H3;2-3H2,1H3;1H. The van der Waals surface area contributed by atoms with E-state index in [9.17, 15) is 4.79 Å².